The summed E-state index contributed by atoms with van der Waals surface area (Å²) in [5.74, 6) is 3.06. The molecule has 31 heavy (non-hydrogen) atoms. The van der Waals surface area contributed by atoms with Crippen molar-refractivity contribution >= 4 is 0 Å². The second-order valence-electron chi connectivity index (χ2n) is 13.7. The van der Waals surface area contributed by atoms with Gasteiger partial charge in [-0.3, -0.25) is 0 Å². The lowest BCUT2D eigenvalue weighted by molar-refractivity contribution is -0.0851. The van der Waals surface area contributed by atoms with Crippen LogP contribution in [0.4, 0.5) is 0 Å². The summed E-state index contributed by atoms with van der Waals surface area (Å²) >= 11 is 0. The number of hydrogen-bond acceptors (Lipinski definition) is 1. The Morgan fingerprint density at radius 2 is 1.65 bits per heavy atom. The highest BCUT2D eigenvalue weighted by molar-refractivity contribution is 5.49. The molecule has 4 rings (SSSR count). The Morgan fingerprint density at radius 3 is 2.32 bits per heavy atom. The van der Waals surface area contributed by atoms with E-state index < -0.39 is 0 Å². The molecular weight excluding hydrogens is 376 g/mol. The summed E-state index contributed by atoms with van der Waals surface area (Å²) in [5, 5.41) is 10.8. The van der Waals surface area contributed by atoms with Crippen LogP contribution in [-0.2, 0) is 0 Å². The van der Waals surface area contributed by atoms with Crippen molar-refractivity contribution in [2.45, 2.75) is 119 Å². The molecule has 4 aliphatic rings. The van der Waals surface area contributed by atoms with Crippen LogP contribution in [0.25, 0.3) is 0 Å². The molecule has 0 aromatic heterocycles. The topological polar surface area (TPSA) is 20.2 Å². The Kier molecular flexibility index (Phi) is 5.90. The third-order valence-electron chi connectivity index (χ3n) is 11.4. The highest BCUT2D eigenvalue weighted by Gasteiger charge is 2.62. The van der Waals surface area contributed by atoms with Crippen molar-refractivity contribution in [3.8, 4) is 0 Å². The molecule has 0 aliphatic heterocycles. The highest BCUT2D eigenvalue weighted by atomic mass is 16.3. The molecule has 0 radical (unpaired) electrons. The van der Waals surface area contributed by atoms with E-state index in [4.69, 9.17) is 0 Å². The zero-order valence-corrected chi connectivity index (χ0v) is 21.9. The molecule has 2 fully saturated rings. The zero-order chi connectivity index (χ0) is 22.8. The molecule has 0 aromatic carbocycles. The van der Waals surface area contributed by atoms with Crippen LogP contribution in [0.15, 0.2) is 23.3 Å². The summed E-state index contributed by atoms with van der Waals surface area (Å²) in [6.45, 7) is 19.7. The van der Waals surface area contributed by atoms with Crippen molar-refractivity contribution in [3.05, 3.63) is 23.3 Å². The molecule has 1 nitrogen and oxygen atoms in total. The first kappa shape index (κ1) is 23.6. The average molecular weight is 427 g/mol. The van der Waals surface area contributed by atoms with Crippen LogP contribution in [0.2, 0.25) is 0 Å². The van der Waals surface area contributed by atoms with Crippen LogP contribution in [0.5, 0.6) is 0 Å². The summed E-state index contributed by atoms with van der Waals surface area (Å²) in [6, 6.07) is 0. The van der Waals surface area contributed by atoms with E-state index in [9.17, 15) is 5.11 Å². The van der Waals surface area contributed by atoms with Crippen molar-refractivity contribution in [1.29, 1.82) is 0 Å². The second kappa shape index (κ2) is 7.75. The van der Waals surface area contributed by atoms with Gasteiger partial charge in [-0.2, -0.15) is 0 Å². The monoisotopic (exact) mass is 426 g/mol. The van der Waals surface area contributed by atoms with Gasteiger partial charge >= 0.3 is 0 Å². The van der Waals surface area contributed by atoms with E-state index in [1.165, 1.54) is 38.5 Å². The second-order valence-corrected chi connectivity index (χ2v) is 13.7. The highest BCUT2D eigenvalue weighted by Crippen LogP contribution is 2.71. The van der Waals surface area contributed by atoms with Crippen LogP contribution in [-0.4, -0.2) is 11.2 Å². The van der Waals surface area contributed by atoms with E-state index >= 15 is 0 Å². The smallest absolute Gasteiger partial charge is 0.0594 e. The van der Waals surface area contributed by atoms with E-state index in [0.717, 1.165) is 37.0 Å². The molecule has 0 amide bonds. The Hall–Kier alpha value is -0.560. The molecule has 2 saturated carbocycles. The van der Waals surface area contributed by atoms with Gasteiger partial charge in [0.25, 0.3) is 0 Å². The number of allylic oxidation sites excluding steroid dienone is 4. The summed E-state index contributed by atoms with van der Waals surface area (Å²) < 4.78 is 0. The largest absolute Gasteiger partial charge is 0.393 e. The van der Waals surface area contributed by atoms with Gasteiger partial charge in [0.05, 0.1) is 6.10 Å². The maximum absolute atomic E-state index is 10.8. The Morgan fingerprint density at radius 1 is 0.935 bits per heavy atom. The lowest BCUT2D eigenvalue weighted by Crippen LogP contribution is -2.54. The first-order chi connectivity index (χ1) is 14.4. The number of hydrogen-bond donors (Lipinski definition) is 1. The van der Waals surface area contributed by atoms with Gasteiger partial charge in [0, 0.05) is 0 Å². The van der Waals surface area contributed by atoms with Crippen LogP contribution in [0.3, 0.4) is 0 Å². The lowest BCUT2D eigenvalue weighted by Gasteiger charge is -2.61. The van der Waals surface area contributed by atoms with Gasteiger partial charge < -0.3 is 5.11 Å². The number of rotatable bonds is 5. The molecule has 4 aliphatic carbocycles. The fourth-order valence-electron chi connectivity index (χ4n) is 8.99. The van der Waals surface area contributed by atoms with E-state index in [0.29, 0.717) is 16.7 Å². The van der Waals surface area contributed by atoms with Gasteiger partial charge in [-0.15, -0.1) is 0 Å². The van der Waals surface area contributed by atoms with Crippen molar-refractivity contribution in [3.63, 3.8) is 0 Å². The van der Waals surface area contributed by atoms with Crippen molar-refractivity contribution in [1.82, 2.24) is 0 Å². The van der Waals surface area contributed by atoms with Gasteiger partial charge in [0.2, 0.25) is 0 Å². The Labute approximate surface area is 193 Å². The van der Waals surface area contributed by atoms with Gasteiger partial charge in [-0.1, -0.05) is 86.8 Å². The van der Waals surface area contributed by atoms with Gasteiger partial charge in [-0.25, -0.2) is 0 Å². The summed E-state index contributed by atoms with van der Waals surface area (Å²) in [6.07, 6.45) is 16.6. The zero-order valence-electron chi connectivity index (χ0n) is 21.9. The van der Waals surface area contributed by atoms with Crippen LogP contribution < -0.4 is 0 Å². The maximum atomic E-state index is 10.8. The molecule has 1 heteroatoms. The average Bonchev–Trinajstić information content (AvgIpc) is 2.96. The molecule has 7 atom stereocenters. The first-order valence-corrected chi connectivity index (χ1v) is 13.5. The predicted octanol–water partition coefficient (Wildman–Crippen LogP) is 8.34. The number of aliphatic hydroxyl groups excluding tert-OH is 1. The molecule has 0 heterocycles. The Balaban J connectivity index is 1.64. The third-order valence-corrected chi connectivity index (χ3v) is 11.4. The van der Waals surface area contributed by atoms with Gasteiger partial charge in [0.1, 0.15) is 0 Å². The number of aliphatic hydroxyl groups is 1. The normalized spacial score (nSPS) is 44.8. The summed E-state index contributed by atoms with van der Waals surface area (Å²) in [5.41, 5.74) is 4.34. The van der Waals surface area contributed by atoms with E-state index in [-0.39, 0.29) is 16.9 Å². The summed E-state index contributed by atoms with van der Waals surface area (Å²) in [4.78, 5) is 0. The Bertz CT molecular complexity index is 756. The fraction of sp³-hybridized carbons (Fsp3) is 0.867. The first-order valence-electron chi connectivity index (χ1n) is 13.5. The molecular formula is C30H50O. The maximum Gasteiger partial charge on any atom is 0.0594 e. The predicted molar refractivity (Wildman–Crippen MR) is 133 cm³/mol. The fourth-order valence-corrected chi connectivity index (χ4v) is 8.99. The van der Waals surface area contributed by atoms with E-state index in [1.807, 2.05) is 0 Å². The van der Waals surface area contributed by atoms with E-state index in [1.54, 1.807) is 11.1 Å². The van der Waals surface area contributed by atoms with Crippen molar-refractivity contribution in [2.24, 2.45) is 45.3 Å². The van der Waals surface area contributed by atoms with Crippen LogP contribution >= 0.6 is 0 Å². The van der Waals surface area contributed by atoms with Gasteiger partial charge in [-0.05, 0) is 95.0 Å². The lowest BCUT2D eigenvalue weighted by atomic mass is 9.44. The van der Waals surface area contributed by atoms with Crippen molar-refractivity contribution < 1.29 is 5.11 Å². The van der Waals surface area contributed by atoms with Gasteiger partial charge in [0.15, 0.2) is 0 Å². The molecule has 1 N–H and O–H groups in total. The molecule has 0 bridgehead atoms. The molecule has 0 aromatic rings. The molecule has 176 valence electrons. The minimum atomic E-state index is -0.159. The van der Waals surface area contributed by atoms with E-state index in [2.05, 4.69) is 67.5 Å². The molecule has 0 spiro atoms. The minimum Gasteiger partial charge on any atom is -0.393 e. The van der Waals surface area contributed by atoms with Crippen molar-refractivity contribution in [2.75, 3.05) is 0 Å². The third kappa shape index (κ3) is 3.34. The molecule has 0 saturated heterocycles. The van der Waals surface area contributed by atoms with Crippen LogP contribution in [0, 0.1) is 45.3 Å². The standard InChI is InChI=1S/C30H50O/c1-20(2)10-9-11-21(3)22-14-18-30(8)24-12-13-25-27(4,5)26(31)16-17-28(25,6)23(24)15-19-29(22,30)7/h12,15,20-22,25-26,31H,9-11,13-14,16-19H2,1-8H3/t21-,22-,25?,26+,28-,29-,30+/m1/s1. The number of fused-ring (bicyclic) bond motifs is 5. The van der Waals surface area contributed by atoms with Crippen LogP contribution in [0.1, 0.15) is 113 Å². The SMILES string of the molecule is CC(C)CCC[C@@H](C)[C@H]1CC[C@@]2(C)C3=CCC4C(C)(C)[C@@H](O)CC[C@]4(C)C3=CC[C@]12C. The minimum absolute atomic E-state index is 0.000660. The summed E-state index contributed by atoms with van der Waals surface area (Å²) in [7, 11) is 0. The quantitative estimate of drug-likeness (QED) is 0.468. The molecule has 1 unspecified atom stereocenters.